The number of nitrogens with two attached hydrogens (primary N) is 1. The molecule has 1 aliphatic heterocycles. The first kappa shape index (κ1) is 51.4. The molecular formula is C44H71N7O9S. The van der Waals surface area contributed by atoms with Gasteiger partial charge in [0, 0.05) is 44.0 Å². The normalized spacial score (nSPS) is 16.8. The number of likely N-dealkylation sites (tertiary alicyclic amines) is 1. The van der Waals surface area contributed by atoms with Crippen molar-refractivity contribution in [2.24, 2.45) is 17.6 Å². The van der Waals surface area contributed by atoms with Crippen molar-refractivity contribution in [3.8, 4) is 0 Å². The molecule has 3 rings (SSSR count). The molecule has 6 atom stereocenters. The molecule has 0 saturated carbocycles. The van der Waals surface area contributed by atoms with Gasteiger partial charge in [-0.3, -0.25) is 28.9 Å². The molecule has 0 radical (unpaired) electrons. The molecule has 2 heterocycles. The van der Waals surface area contributed by atoms with Gasteiger partial charge in [-0.15, -0.1) is 11.3 Å². The van der Waals surface area contributed by atoms with E-state index >= 15 is 0 Å². The highest BCUT2D eigenvalue weighted by Crippen LogP contribution is 2.32. The molecule has 0 bridgehead atoms. The lowest BCUT2D eigenvalue weighted by Crippen LogP contribution is -2.59. The zero-order chi connectivity index (χ0) is 44.7. The lowest BCUT2D eigenvalue weighted by atomic mass is 9.92. The Hall–Kier alpha value is -4.00. The van der Waals surface area contributed by atoms with Crippen LogP contribution in [0.15, 0.2) is 35.7 Å². The average Bonchev–Trinajstić information content (AvgIpc) is 3.75. The van der Waals surface area contributed by atoms with Gasteiger partial charge >= 0.3 is 5.97 Å². The minimum absolute atomic E-state index is 0.0158. The quantitative estimate of drug-likeness (QED) is 0.0548. The van der Waals surface area contributed by atoms with Gasteiger partial charge in [0.1, 0.15) is 48.8 Å². The number of nitrogens with one attached hydrogen (secondary N) is 3. The number of hydrogen-bond donors (Lipinski definition) is 4. The Morgan fingerprint density at radius 3 is 2.39 bits per heavy atom. The Bertz CT molecular complexity index is 1630. The standard InChI is InChI=1S/C44H71N7O9S/c1-8-21-59-37(26-36(30(4)5)51(29-57-10-3)44(56)39(31(6)9-2)49-42(55)35-18-14-15-20-50(35)7)43-48-34(28-61-43)41(54)47-33(25-32-16-12-11-13-17-32)40(53)46-27-38(52)60-24-23-58-22-19-45/h11-13,16-17,28,30-31,33,35-37,39H,8-10,14-15,18-27,29,45H2,1-7H3,(H,46,53)(H,47,54)(H,49,55)/t31-,33-,35+,36+,37+,39-/m0/s1. The Labute approximate surface area is 366 Å². The average molecular weight is 874 g/mol. The Kier molecular flexibility index (Phi) is 23.4. The van der Waals surface area contributed by atoms with Gasteiger partial charge in [-0.2, -0.15) is 0 Å². The second-order valence-electron chi connectivity index (χ2n) is 15.8. The molecule has 1 aliphatic rings. The summed E-state index contributed by atoms with van der Waals surface area (Å²) in [5.74, 6) is -2.32. The summed E-state index contributed by atoms with van der Waals surface area (Å²) in [4.78, 5) is 76.5. The maximum absolute atomic E-state index is 14.7. The van der Waals surface area contributed by atoms with Crippen LogP contribution in [-0.4, -0.2) is 135 Å². The second kappa shape index (κ2) is 27.8. The molecule has 1 saturated heterocycles. The Balaban J connectivity index is 1.84. The van der Waals surface area contributed by atoms with Crippen molar-refractivity contribution in [1.82, 2.24) is 30.7 Å². The van der Waals surface area contributed by atoms with Gasteiger partial charge in [-0.1, -0.05) is 77.8 Å². The zero-order valence-electron chi connectivity index (χ0n) is 37.3. The van der Waals surface area contributed by atoms with E-state index < -0.39 is 42.5 Å². The summed E-state index contributed by atoms with van der Waals surface area (Å²) in [5, 5.41) is 10.7. The van der Waals surface area contributed by atoms with Crippen LogP contribution >= 0.6 is 11.3 Å². The maximum atomic E-state index is 14.7. The molecule has 4 amide bonds. The van der Waals surface area contributed by atoms with Gasteiger partial charge in [0.15, 0.2) is 0 Å². The lowest BCUT2D eigenvalue weighted by Gasteiger charge is -2.40. The molecule has 342 valence electrons. The SMILES string of the molecule is CCCO[C@H](C[C@H](C(C)C)N(COCC)C(=O)[C@@H](NC(=O)[C@H]1CCCCN1C)[C@@H](C)CC)c1nc(C(=O)N[C@@H](Cc2ccccc2)C(=O)NCC(=O)OCCOCCN)cs1. The molecule has 1 fully saturated rings. The van der Waals surface area contributed by atoms with E-state index in [-0.39, 0.29) is 67.8 Å². The van der Waals surface area contributed by atoms with Crippen molar-refractivity contribution in [1.29, 1.82) is 0 Å². The smallest absolute Gasteiger partial charge is 0.325 e. The van der Waals surface area contributed by atoms with Crippen LogP contribution in [0.25, 0.3) is 0 Å². The second-order valence-corrected chi connectivity index (χ2v) is 16.7. The summed E-state index contributed by atoms with van der Waals surface area (Å²) in [7, 11) is 1.95. The van der Waals surface area contributed by atoms with Gasteiger partial charge in [0.05, 0.1) is 19.3 Å². The highest BCUT2D eigenvalue weighted by molar-refractivity contribution is 7.09. The van der Waals surface area contributed by atoms with Gasteiger partial charge < -0.3 is 45.5 Å². The fourth-order valence-electron chi connectivity index (χ4n) is 7.07. The Morgan fingerprint density at radius 2 is 1.74 bits per heavy atom. The first-order valence-electron chi connectivity index (χ1n) is 21.9. The molecule has 16 nitrogen and oxygen atoms in total. The first-order valence-corrected chi connectivity index (χ1v) is 22.7. The van der Waals surface area contributed by atoms with Gasteiger partial charge in [0.2, 0.25) is 17.7 Å². The van der Waals surface area contributed by atoms with Gasteiger partial charge in [0.25, 0.3) is 5.91 Å². The van der Waals surface area contributed by atoms with E-state index in [0.717, 1.165) is 37.8 Å². The third kappa shape index (κ3) is 17.0. The van der Waals surface area contributed by atoms with Crippen molar-refractivity contribution in [3.05, 3.63) is 52.0 Å². The van der Waals surface area contributed by atoms with Crippen LogP contribution in [0.2, 0.25) is 0 Å². The van der Waals surface area contributed by atoms with Crippen LogP contribution < -0.4 is 21.7 Å². The van der Waals surface area contributed by atoms with Crippen LogP contribution in [-0.2, 0) is 44.5 Å². The van der Waals surface area contributed by atoms with Crippen LogP contribution in [0.1, 0.15) is 107 Å². The number of amides is 4. The molecule has 0 spiro atoms. The predicted octanol–water partition coefficient (Wildman–Crippen LogP) is 3.84. The number of aromatic nitrogens is 1. The molecule has 1 aromatic carbocycles. The number of rotatable bonds is 28. The summed E-state index contributed by atoms with van der Waals surface area (Å²) in [6.07, 6.45) is 4.09. The van der Waals surface area contributed by atoms with Crippen LogP contribution in [0.4, 0.5) is 0 Å². The summed E-state index contributed by atoms with van der Waals surface area (Å²) < 4.78 is 22.7. The van der Waals surface area contributed by atoms with E-state index in [1.165, 1.54) is 11.3 Å². The third-order valence-corrected chi connectivity index (χ3v) is 11.7. The van der Waals surface area contributed by atoms with E-state index in [1.54, 1.807) is 10.3 Å². The van der Waals surface area contributed by atoms with Gasteiger partial charge in [-0.25, -0.2) is 4.98 Å². The van der Waals surface area contributed by atoms with E-state index in [0.29, 0.717) is 44.2 Å². The van der Waals surface area contributed by atoms with Crippen molar-refractivity contribution < 1.29 is 42.9 Å². The van der Waals surface area contributed by atoms with Crippen LogP contribution in [0, 0.1) is 11.8 Å². The molecule has 1 aromatic heterocycles. The monoisotopic (exact) mass is 874 g/mol. The first-order chi connectivity index (χ1) is 29.3. The number of carbonyl (C=O) groups is 5. The Morgan fingerprint density at radius 1 is 0.984 bits per heavy atom. The number of piperidine rings is 1. The molecule has 61 heavy (non-hydrogen) atoms. The number of thiazole rings is 1. The maximum Gasteiger partial charge on any atom is 0.325 e. The molecule has 17 heteroatoms. The number of nitrogens with zero attached hydrogens (tertiary/aromatic N) is 3. The van der Waals surface area contributed by atoms with Crippen molar-refractivity contribution >= 4 is 40.9 Å². The topological polar surface area (TPSA) is 204 Å². The van der Waals surface area contributed by atoms with E-state index in [1.807, 2.05) is 78.9 Å². The van der Waals surface area contributed by atoms with Crippen LogP contribution in [0.3, 0.4) is 0 Å². The van der Waals surface area contributed by atoms with Crippen molar-refractivity contribution in [2.45, 2.75) is 117 Å². The van der Waals surface area contributed by atoms with E-state index in [4.69, 9.17) is 29.7 Å². The summed E-state index contributed by atoms with van der Waals surface area (Å²) in [6.45, 7) is 14.1. The fraction of sp³-hybridized carbons (Fsp3) is 0.682. The van der Waals surface area contributed by atoms with Crippen molar-refractivity contribution in [3.63, 3.8) is 0 Å². The number of likely N-dealkylation sites (N-methyl/N-ethyl adjacent to an activating group) is 1. The number of hydrogen-bond acceptors (Lipinski definition) is 13. The summed E-state index contributed by atoms with van der Waals surface area (Å²) in [5.41, 5.74) is 6.31. The fourth-order valence-corrected chi connectivity index (χ4v) is 7.93. The molecular weight excluding hydrogens is 803 g/mol. The number of benzene rings is 1. The third-order valence-electron chi connectivity index (χ3n) is 10.8. The van der Waals surface area contributed by atoms with E-state index in [2.05, 4.69) is 20.9 Å². The zero-order valence-corrected chi connectivity index (χ0v) is 38.1. The molecule has 5 N–H and O–H groups in total. The van der Waals surface area contributed by atoms with Crippen molar-refractivity contribution in [2.75, 3.05) is 66.4 Å². The summed E-state index contributed by atoms with van der Waals surface area (Å²) in [6, 6.07) is 6.76. The largest absolute Gasteiger partial charge is 0.462 e. The number of esters is 1. The molecule has 2 aromatic rings. The predicted molar refractivity (Wildman–Crippen MR) is 235 cm³/mol. The molecule has 0 aliphatic carbocycles. The number of carbonyl (C=O) groups excluding carboxylic acids is 5. The minimum Gasteiger partial charge on any atom is -0.462 e. The molecule has 0 unspecified atom stereocenters. The lowest BCUT2D eigenvalue weighted by molar-refractivity contribution is -0.149. The highest BCUT2D eigenvalue weighted by Gasteiger charge is 2.38. The van der Waals surface area contributed by atoms with E-state index in [9.17, 15) is 24.0 Å². The minimum atomic E-state index is -1.03. The highest BCUT2D eigenvalue weighted by atomic mass is 32.1. The van der Waals surface area contributed by atoms with Gasteiger partial charge in [-0.05, 0) is 57.2 Å². The number of ether oxygens (including phenoxy) is 4. The summed E-state index contributed by atoms with van der Waals surface area (Å²) >= 11 is 1.26. The van der Waals surface area contributed by atoms with Crippen LogP contribution in [0.5, 0.6) is 0 Å².